The lowest BCUT2D eigenvalue weighted by Gasteiger charge is -2.38. The molecule has 2 aromatic carbocycles. The molecular formula is C31H36N4O3S. The number of amides is 1. The number of thioether (sulfide) groups is 1. The Morgan fingerprint density at radius 2 is 1.67 bits per heavy atom. The third-order valence-electron chi connectivity index (χ3n) is 7.71. The molecule has 8 heteroatoms. The lowest BCUT2D eigenvalue weighted by atomic mass is 9.90. The van der Waals surface area contributed by atoms with Crippen LogP contribution in [0, 0.1) is 20.8 Å². The van der Waals surface area contributed by atoms with E-state index in [9.17, 15) is 9.59 Å². The summed E-state index contributed by atoms with van der Waals surface area (Å²) in [6.45, 7) is 12.1. The molecule has 3 aliphatic heterocycles. The molecular weight excluding hydrogens is 508 g/mol. The first-order valence-corrected chi connectivity index (χ1v) is 14.3. The second-order valence-corrected chi connectivity index (χ2v) is 11.4. The number of nitrogens with zero attached hydrogens (tertiary/aromatic N) is 4. The van der Waals surface area contributed by atoms with E-state index in [-0.39, 0.29) is 12.3 Å². The van der Waals surface area contributed by atoms with Gasteiger partial charge in [0.1, 0.15) is 0 Å². The second kappa shape index (κ2) is 11.4. The summed E-state index contributed by atoms with van der Waals surface area (Å²) in [5, 5.41) is 2.80. The van der Waals surface area contributed by atoms with Crippen LogP contribution in [-0.4, -0.2) is 65.0 Å². The molecule has 0 spiro atoms. The summed E-state index contributed by atoms with van der Waals surface area (Å²) in [5.41, 5.74) is 7.84. The number of aliphatic imine (C=N–C) groups is 1. The number of rotatable bonds is 6. The number of amidine groups is 1. The fourth-order valence-corrected chi connectivity index (χ4v) is 6.51. The van der Waals surface area contributed by atoms with Gasteiger partial charge in [0, 0.05) is 38.4 Å². The van der Waals surface area contributed by atoms with E-state index in [2.05, 4.69) is 73.0 Å². The van der Waals surface area contributed by atoms with Gasteiger partial charge in [-0.1, -0.05) is 65.4 Å². The van der Waals surface area contributed by atoms with Gasteiger partial charge in [0.05, 0.1) is 30.8 Å². The van der Waals surface area contributed by atoms with Crippen LogP contribution in [0.15, 0.2) is 69.8 Å². The Morgan fingerprint density at radius 3 is 2.33 bits per heavy atom. The van der Waals surface area contributed by atoms with Crippen LogP contribution in [-0.2, 0) is 20.9 Å². The van der Waals surface area contributed by atoms with Crippen molar-refractivity contribution < 1.29 is 14.3 Å². The maximum atomic E-state index is 13.5. The van der Waals surface area contributed by atoms with Crippen molar-refractivity contribution in [1.29, 1.82) is 0 Å². The first-order chi connectivity index (χ1) is 18.7. The fourth-order valence-electron chi connectivity index (χ4n) is 5.54. The van der Waals surface area contributed by atoms with Gasteiger partial charge in [0.25, 0.3) is 0 Å². The number of allylic oxidation sites excluding steroid dienone is 1. The molecule has 0 saturated carbocycles. The number of fused-ring (bicyclic) bond motifs is 1. The average Bonchev–Trinajstić information content (AvgIpc) is 3.31. The summed E-state index contributed by atoms with van der Waals surface area (Å²) in [5.74, 6) is -0.295. The van der Waals surface area contributed by atoms with Gasteiger partial charge in [0.15, 0.2) is 5.17 Å². The summed E-state index contributed by atoms with van der Waals surface area (Å²) < 4.78 is 5.20. The molecule has 1 fully saturated rings. The van der Waals surface area contributed by atoms with Gasteiger partial charge in [-0.2, -0.15) is 0 Å². The van der Waals surface area contributed by atoms with Crippen LogP contribution in [0.2, 0.25) is 0 Å². The van der Waals surface area contributed by atoms with Gasteiger partial charge >= 0.3 is 5.97 Å². The molecule has 204 valence electrons. The van der Waals surface area contributed by atoms with Crippen LogP contribution in [0.25, 0.3) is 0 Å². The molecule has 0 unspecified atom stereocenters. The lowest BCUT2D eigenvalue weighted by Crippen LogP contribution is -2.48. The molecule has 0 aliphatic carbocycles. The summed E-state index contributed by atoms with van der Waals surface area (Å²) in [6.07, 6.45) is 0.263. The van der Waals surface area contributed by atoms with Gasteiger partial charge in [-0.05, 0) is 49.8 Å². The van der Waals surface area contributed by atoms with E-state index < -0.39 is 12.0 Å². The molecule has 5 rings (SSSR count). The maximum absolute atomic E-state index is 13.5. The zero-order valence-electron chi connectivity index (χ0n) is 23.4. The Morgan fingerprint density at radius 1 is 0.974 bits per heavy atom. The van der Waals surface area contributed by atoms with Crippen LogP contribution < -0.4 is 0 Å². The van der Waals surface area contributed by atoms with Crippen molar-refractivity contribution >= 4 is 28.8 Å². The Labute approximate surface area is 235 Å². The summed E-state index contributed by atoms with van der Waals surface area (Å²) in [6, 6.07) is 14.5. The second-order valence-electron chi connectivity index (χ2n) is 10.6. The number of carbonyl (C=O) groups excluding carboxylic acids is 2. The average molecular weight is 545 g/mol. The number of hydrogen-bond donors (Lipinski definition) is 0. The van der Waals surface area contributed by atoms with Gasteiger partial charge in [-0.3, -0.25) is 9.69 Å². The number of esters is 1. The summed E-state index contributed by atoms with van der Waals surface area (Å²) >= 11 is 1.51. The Balaban J connectivity index is 1.32. The van der Waals surface area contributed by atoms with Gasteiger partial charge in [-0.15, -0.1) is 0 Å². The zero-order valence-corrected chi connectivity index (χ0v) is 24.2. The number of ether oxygens (including phenoxy) is 1. The Bertz CT molecular complexity index is 1370. The third kappa shape index (κ3) is 5.68. The smallest absolute Gasteiger partial charge is 0.338 e. The van der Waals surface area contributed by atoms with Crippen molar-refractivity contribution in [3.8, 4) is 0 Å². The van der Waals surface area contributed by atoms with Crippen LogP contribution in [0.5, 0.6) is 0 Å². The molecule has 7 nitrogen and oxygen atoms in total. The molecule has 0 N–H and O–H groups in total. The van der Waals surface area contributed by atoms with Gasteiger partial charge in [-0.25, -0.2) is 9.79 Å². The highest BCUT2D eigenvalue weighted by Gasteiger charge is 2.42. The van der Waals surface area contributed by atoms with Crippen LogP contribution >= 0.6 is 11.8 Å². The largest absolute Gasteiger partial charge is 0.466 e. The molecule has 3 heterocycles. The van der Waals surface area contributed by atoms with Crippen molar-refractivity contribution in [2.45, 2.75) is 46.7 Å². The van der Waals surface area contributed by atoms with Crippen molar-refractivity contribution in [1.82, 2.24) is 14.7 Å². The number of benzene rings is 2. The Hall–Kier alpha value is -3.36. The van der Waals surface area contributed by atoms with Crippen molar-refractivity contribution in [2.75, 3.05) is 33.3 Å². The maximum Gasteiger partial charge on any atom is 0.338 e. The van der Waals surface area contributed by atoms with E-state index in [1.54, 1.807) is 0 Å². The zero-order chi connectivity index (χ0) is 27.7. The minimum Gasteiger partial charge on any atom is -0.466 e. The van der Waals surface area contributed by atoms with Gasteiger partial charge in [0.2, 0.25) is 5.91 Å². The molecule has 3 aliphatic rings. The van der Waals surface area contributed by atoms with E-state index in [1.165, 1.54) is 30.0 Å². The summed E-state index contributed by atoms with van der Waals surface area (Å²) in [4.78, 5) is 37.7. The van der Waals surface area contributed by atoms with E-state index in [0.29, 0.717) is 24.4 Å². The molecule has 2 aromatic rings. The standard InChI is InChI=1S/C31H36N4O3S/c1-20-6-9-24(10-7-20)18-33-12-14-34(15-13-33)27(36)17-25-19-39-31-32-23(4)28(30(37)38-5)29(35(25)31)26-11-8-21(2)16-22(26)3/h6-11,16,19,29H,12-15,17-18H2,1-5H3/t29-/m1/s1. The molecule has 0 bridgehead atoms. The minimum absolute atomic E-state index is 0.100. The van der Waals surface area contributed by atoms with Crippen LogP contribution in [0.3, 0.4) is 0 Å². The molecule has 39 heavy (non-hydrogen) atoms. The number of methoxy groups -OCH3 is 1. The quantitative estimate of drug-likeness (QED) is 0.472. The fraction of sp³-hybridized carbons (Fsp3) is 0.387. The van der Waals surface area contributed by atoms with Crippen molar-refractivity contribution in [3.05, 3.63) is 92.7 Å². The van der Waals surface area contributed by atoms with E-state index in [4.69, 9.17) is 9.73 Å². The highest BCUT2D eigenvalue weighted by molar-refractivity contribution is 8.16. The van der Waals surface area contributed by atoms with Crippen LogP contribution in [0.1, 0.15) is 47.2 Å². The van der Waals surface area contributed by atoms with Gasteiger partial charge < -0.3 is 14.5 Å². The van der Waals surface area contributed by atoms with Crippen molar-refractivity contribution in [2.24, 2.45) is 4.99 Å². The monoisotopic (exact) mass is 544 g/mol. The first-order valence-electron chi connectivity index (χ1n) is 13.4. The molecule has 1 saturated heterocycles. The number of carbonyl (C=O) groups is 2. The number of piperazine rings is 1. The van der Waals surface area contributed by atoms with Crippen molar-refractivity contribution in [3.63, 3.8) is 0 Å². The third-order valence-corrected chi connectivity index (χ3v) is 8.60. The molecule has 1 amide bonds. The summed E-state index contributed by atoms with van der Waals surface area (Å²) in [7, 11) is 1.40. The highest BCUT2D eigenvalue weighted by atomic mass is 32.2. The first kappa shape index (κ1) is 27.2. The SMILES string of the molecule is COC(=O)C1=C(C)N=C2SC=C(CC(=O)N3CCN(Cc4ccc(C)cc4)CC3)N2[C@@H]1c1ccc(C)cc1C. The Kier molecular flexibility index (Phi) is 7.96. The molecule has 0 aromatic heterocycles. The van der Waals surface area contributed by atoms with E-state index >= 15 is 0 Å². The predicted molar refractivity (Wildman–Crippen MR) is 156 cm³/mol. The van der Waals surface area contributed by atoms with E-state index in [1.807, 2.05) is 17.2 Å². The molecule has 1 atom stereocenters. The number of aryl methyl sites for hydroxylation is 3. The molecule has 0 radical (unpaired) electrons. The van der Waals surface area contributed by atoms with E-state index in [0.717, 1.165) is 47.2 Å². The highest BCUT2D eigenvalue weighted by Crippen LogP contribution is 2.45. The number of hydrogen-bond acceptors (Lipinski definition) is 7. The topological polar surface area (TPSA) is 65.5 Å². The minimum atomic E-state index is -0.397. The predicted octanol–water partition coefficient (Wildman–Crippen LogP) is 5.09. The normalized spacial score (nSPS) is 19.6. The van der Waals surface area contributed by atoms with Crippen LogP contribution in [0.4, 0.5) is 0 Å². The lowest BCUT2D eigenvalue weighted by molar-refractivity contribution is -0.136.